The lowest BCUT2D eigenvalue weighted by atomic mass is 9.96. The number of hydrogen-bond donors (Lipinski definition) is 3. The predicted octanol–water partition coefficient (Wildman–Crippen LogP) is 3.33. The van der Waals surface area contributed by atoms with Crippen LogP contribution in [0, 0.1) is 19.8 Å². The average molecular weight is 423 g/mol. The van der Waals surface area contributed by atoms with Gasteiger partial charge in [-0.2, -0.15) is 0 Å². The molecule has 0 unspecified atom stereocenters. The van der Waals surface area contributed by atoms with E-state index in [0.29, 0.717) is 25.3 Å². The number of nitrogens with zero attached hydrogens (tertiary/aromatic N) is 1. The van der Waals surface area contributed by atoms with E-state index in [0.717, 1.165) is 52.7 Å². The summed E-state index contributed by atoms with van der Waals surface area (Å²) in [4.78, 5) is 33.9. The van der Waals surface area contributed by atoms with E-state index in [2.05, 4.69) is 15.3 Å². The van der Waals surface area contributed by atoms with Crippen molar-refractivity contribution in [1.29, 1.82) is 0 Å². The molecule has 7 heteroatoms. The predicted molar refractivity (Wildman–Crippen MR) is 120 cm³/mol. The van der Waals surface area contributed by atoms with Gasteiger partial charge in [-0.25, -0.2) is 0 Å². The molecule has 0 radical (unpaired) electrons. The van der Waals surface area contributed by atoms with Crippen LogP contribution in [0.15, 0.2) is 30.5 Å². The molecule has 164 valence electrons. The minimum absolute atomic E-state index is 0.0177. The van der Waals surface area contributed by atoms with Crippen molar-refractivity contribution in [1.82, 2.24) is 20.2 Å². The molecular weight excluding hydrogens is 392 g/mol. The summed E-state index contributed by atoms with van der Waals surface area (Å²) in [5.41, 5.74) is 4.76. The zero-order valence-corrected chi connectivity index (χ0v) is 18.4. The van der Waals surface area contributed by atoms with Gasteiger partial charge in [-0.05, 0) is 68.5 Å². The van der Waals surface area contributed by atoms with Crippen LogP contribution in [-0.2, 0) is 11.2 Å². The monoisotopic (exact) mass is 422 g/mol. The fraction of sp³-hybridized carbons (Fsp3) is 0.417. The molecule has 1 saturated heterocycles. The number of ether oxygens (including phenoxy) is 1. The first-order chi connectivity index (χ1) is 15.0. The van der Waals surface area contributed by atoms with Crippen molar-refractivity contribution in [2.24, 2.45) is 5.92 Å². The number of aryl methyl sites for hydroxylation is 2. The van der Waals surface area contributed by atoms with Crippen LogP contribution < -0.4 is 10.1 Å². The Hall–Kier alpha value is -3.22. The Kier molecular flexibility index (Phi) is 6.02. The van der Waals surface area contributed by atoms with E-state index in [4.69, 9.17) is 4.74 Å². The molecule has 0 saturated carbocycles. The Morgan fingerprint density at radius 3 is 2.84 bits per heavy atom. The highest BCUT2D eigenvalue weighted by Gasteiger charge is 2.29. The largest absolute Gasteiger partial charge is 0.497 e. The van der Waals surface area contributed by atoms with Gasteiger partial charge in [0.25, 0.3) is 5.91 Å². The normalized spacial score (nSPS) is 16.5. The highest BCUT2D eigenvalue weighted by atomic mass is 16.5. The molecule has 2 aromatic heterocycles. The van der Waals surface area contributed by atoms with Crippen LogP contribution in [0.25, 0.3) is 10.9 Å². The van der Waals surface area contributed by atoms with Crippen molar-refractivity contribution in [2.45, 2.75) is 33.1 Å². The van der Waals surface area contributed by atoms with E-state index in [1.165, 1.54) is 0 Å². The first-order valence-corrected chi connectivity index (χ1v) is 10.8. The second-order valence-corrected chi connectivity index (χ2v) is 8.37. The van der Waals surface area contributed by atoms with E-state index in [-0.39, 0.29) is 17.7 Å². The number of methoxy groups -OCH3 is 1. The fourth-order valence-corrected chi connectivity index (χ4v) is 4.44. The molecule has 1 aliphatic rings. The molecule has 1 fully saturated rings. The van der Waals surface area contributed by atoms with Crippen LogP contribution in [0.1, 0.15) is 40.2 Å². The number of nitrogens with one attached hydrogen (secondary N) is 3. The van der Waals surface area contributed by atoms with Crippen molar-refractivity contribution in [3.8, 4) is 5.75 Å². The third-order valence-corrected chi connectivity index (χ3v) is 6.11. The Morgan fingerprint density at radius 2 is 2.10 bits per heavy atom. The zero-order chi connectivity index (χ0) is 22.0. The number of fused-ring (bicyclic) bond motifs is 1. The van der Waals surface area contributed by atoms with Gasteiger partial charge in [0.2, 0.25) is 5.91 Å². The van der Waals surface area contributed by atoms with Gasteiger partial charge in [-0.1, -0.05) is 0 Å². The number of carbonyl (C=O) groups is 2. The van der Waals surface area contributed by atoms with Gasteiger partial charge in [0.05, 0.1) is 13.0 Å². The quantitative estimate of drug-likeness (QED) is 0.569. The number of rotatable bonds is 6. The van der Waals surface area contributed by atoms with Crippen LogP contribution in [0.5, 0.6) is 5.75 Å². The van der Waals surface area contributed by atoms with Gasteiger partial charge in [-0.15, -0.1) is 0 Å². The summed E-state index contributed by atoms with van der Waals surface area (Å²) in [6.07, 6.45) is 4.36. The Balaban J connectivity index is 1.33. The highest BCUT2D eigenvalue weighted by Crippen LogP contribution is 2.24. The molecule has 0 spiro atoms. The number of carbonyl (C=O) groups excluding carboxylic acids is 2. The van der Waals surface area contributed by atoms with Crippen molar-refractivity contribution < 1.29 is 14.3 Å². The van der Waals surface area contributed by atoms with Crippen LogP contribution in [0.4, 0.5) is 0 Å². The van der Waals surface area contributed by atoms with Gasteiger partial charge < -0.3 is 24.9 Å². The fourth-order valence-electron chi connectivity index (χ4n) is 4.44. The van der Waals surface area contributed by atoms with Gasteiger partial charge in [0.1, 0.15) is 11.4 Å². The third kappa shape index (κ3) is 4.45. The SMILES string of the molecule is COc1ccc2[nH]cc(CCNC(=O)[C@@H]3CCCN(C(=O)c4[nH]c(C)cc4C)C3)c2c1. The summed E-state index contributed by atoms with van der Waals surface area (Å²) in [5, 5.41) is 4.18. The standard InChI is InChI=1S/C24H30N4O3/c1-15-11-16(2)27-22(15)24(30)28-10-4-5-18(14-28)23(29)25-9-8-17-13-26-21-7-6-19(31-3)12-20(17)21/h6-7,11-13,18,26-27H,4-5,8-10,14H2,1-3H3,(H,25,29)/t18-/m1/s1. The van der Waals surface area contributed by atoms with E-state index in [1.54, 1.807) is 12.0 Å². The number of aromatic amines is 2. The number of benzene rings is 1. The summed E-state index contributed by atoms with van der Waals surface area (Å²) < 4.78 is 5.32. The smallest absolute Gasteiger partial charge is 0.270 e. The number of amides is 2. The van der Waals surface area contributed by atoms with Crippen LogP contribution in [-0.4, -0.2) is 53.4 Å². The first kappa shape index (κ1) is 21.0. The van der Waals surface area contributed by atoms with E-state index < -0.39 is 0 Å². The van der Waals surface area contributed by atoms with Crippen molar-refractivity contribution in [3.05, 3.63) is 53.0 Å². The number of piperidine rings is 1. The van der Waals surface area contributed by atoms with Gasteiger partial charge in [0.15, 0.2) is 0 Å². The van der Waals surface area contributed by atoms with Gasteiger partial charge in [-0.3, -0.25) is 9.59 Å². The lowest BCUT2D eigenvalue weighted by Gasteiger charge is -2.32. The lowest BCUT2D eigenvalue weighted by Crippen LogP contribution is -2.46. The second kappa shape index (κ2) is 8.88. The molecule has 3 heterocycles. The minimum Gasteiger partial charge on any atom is -0.497 e. The number of likely N-dealkylation sites (tertiary alicyclic amines) is 1. The third-order valence-electron chi connectivity index (χ3n) is 6.11. The Morgan fingerprint density at radius 1 is 1.26 bits per heavy atom. The molecule has 4 rings (SSSR count). The van der Waals surface area contributed by atoms with Gasteiger partial charge in [0, 0.05) is 42.4 Å². The average Bonchev–Trinajstić information content (AvgIpc) is 3.34. The topological polar surface area (TPSA) is 90.2 Å². The maximum Gasteiger partial charge on any atom is 0.270 e. The summed E-state index contributed by atoms with van der Waals surface area (Å²) in [6, 6.07) is 7.91. The molecule has 3 aromatic rings. The van der Waals surface area contributed by atoms with Crippen molar-refractivity contribution >= 4 is 22.7 Å². The first-order valence-electron chi connectivity index (χ1n) is 10.8. The second-order valence-electron chi connectivity index (χ2n) is 8.37. The maximum atomic E-state index is 12.9. The lowest BCUT2D eigenvalue weighted by molar-refractivity contribution is -0.126. The molecule has 1 aromatic carbocycles. The Bertz CT molecular complexity index is 1100. The van der Waals surface area contributed by atoms with Crippen molar-refractivity contribution in [2.75, 3.05) is 26.7 Å². The Labute approximate surface area is 182 Å². The molecule has 1 aliphatic heterocycles. The molecule has 31 heavy (non-hydrogen) atoms. The maximum absolute atomic E-state index is 12.9. The van der Waals surface area contributed by atoms with Crippen LogP contribution in [0.2, 0.25) is 0 Å². The number of hydrogen-bond acceptors (Lipinski definition) is 3. The van der Waals surface area contributed by atoms with Crippen LogP contribution >= 0.6 is 0 Å². The van der Waals surface area contributed by atoms with E-state index >= 15 is 0 Å². The molecule has 3 N–H and O–H groups in total. The number of aromatic nitrogens is 2. The van der Waals surface area contributed by atoms with E-state index in [9.17, 15) is 9.59 Å². The molecule has 7 nitrogen and oxygen atoms in total. The minimum atomic E-state index is -0.169. The molecule has 1 atom stereocenters. The molecular formula is C24H30N4O3. The van der Waals surface area contributed by atoms with Crippen molar-refractivity contribution in [3.63, 3.8) is 0 Å². The summed E-state index contributed by atoms with van der Waals surface area (Å²) in [6.45, 7) is 5.59. The van der Waals surface area contributed by atoms with E-state index in [1.807, 2.05) is 44.3 Å². The number of H-pyrrole nitrogens is 2. The zero-order valence-electron chi connectivity index (χ0n) is 18.4. The summed E-state index contributed by atoms with van der Waals surface area (Å²) >= 11 is 0. The summed E-state index contributed by atoms with van der Waals surface area (Å²) in [7, 11) is 1.66. The molecule has 0 bridgehead atoms. The summed E-state index contributed by atoms with van der Waals surface area (Å²) in [5.74, 6) is 0.652. The highest BCUT2D eigenvalue weighted by molar-refractivity contribution is 5.94. The van der Waals surface area contributed by atoms with Crippen LogP contribution in [0.3, 0.4) is 0 Å². The molecule has 2 amide bonds. The van der Waals surface area contributed by atoms with Gasteiger partial charge >= 0.3 is 0 Å². The molecule has 0 aliphatic carbocycles.